The van der Waals surface area contributed by atoms with Gasteiger partial charge in [0.25, 0.3) is 5.91 Å². The van der Waals surface area contributed by atoms with Crippen molar-refractivity contribution < 1.29 is 9.18 Å². The fourth-order valence-corrected chi connectivity index (χ4v) is 2.39. The summed E-state index contributed by atoms with van der Waals surface area (Å²) in [6.07, 6.45) is 1.57. The summed E-state index contributed by atoms with van der Waals surface area (Å²) in [4.78, 5) is 11.7. The first-order valence-corrected chi connectivity index (χ1v) is 8.18. The van der Waals surface area contributed by atoms with E-state index in [1.54, 1.807) is 24.4 Å². The Morgan fingerprint density at radius 2 is 1.54 bits per heavy atom. The van der Waals surface area contributed by atoms with Crippen LogP contribution in [0.4, 0.5) is 10.1 Å². The largest absolute Gasteiger partial charge is 0.374 e. The molecule has 0 saturated carbocycles. The Bertz CT molecular complexity index is 893. The van der Waals surface area contributed by atoms with E-state index in [4.69, 9.17) is 0 Å². The maximum Gasteiger partial charge on any atom is 0.259 e. The summed E-state index contributed by atoms with van der Waals surface area (Å²) in [5.41, 5.74) is 5.82. The van der Waals surface area contributed by atoms with Crippen LogP contribution in [0.1, 0.15) is 5.56 Å². The topological polar surface area (TPSA) is 53.5 Å². The van der Waals surface area contributed by atoms with Gasteiger partial charge in [0.05, 0.1) is 18.4 Å². The highest BCUT2D eigenvalue weighted by atomic mass is 19.1. The first kappa shape index (κ1) is 17.4. The van der Waals surface area contributed by atoms with Crippen molar-refractivity contribution in [2.45, 2.75) is 0 Å². The lowest BCUT2D eigenvalue weighted by molar-refractivity contribution is -0.119. The Kier molecular flexibility index (Phi) is 5.72. The van der Waals surface area contributed by atoms with Gasteiger partial charge >= 0.3 is 0 Å². The molecular weight excluding hydrogens is 329 g/mol. The van der Waals surface area contributed by atoms with E-state index in [0.29, 0.717) is 0 Å². The molecule has 0 spiro atoms. The Balaban J connectivity index is 1.50. The fourth-order valence-electron chi connectivity index (χ4n) is 2.39. The molecular formula is C21H18FN3O. The van der Waals surface area contributed by atoms with Crippen LogP contribution >= 0.6 is 0 Å². The molecule has 0 atom stereocenters. The molecule has 3 aromatic rings. The van der Waals surface area contributed by atoms with Crippen molar-refractivity contribution in [3.8, 4) is 11.1 Å². The van der Waals surface area contributed by atoms with Crippen molar-refractivity contribution >= 4 is 17.8 Å². The van der Waals surface area contributed by atoms with Crippen molar-refractivity contribution in [3.05, 3.63) is 90.2 Å². The van der Waals surface area contributed by atoms with E-state index in [9.17, 15) is 9.18 Å². The smallest absolute Gasteiger partial charge is 0.259 e. The van der Waals surface area contributed by atoms with Gasteiger partial charge in [-0.1, -0.05) is 66.7 Å². The van der Waals surface area contributed by atoms with E-state index in [0.717, 1.165) is 16.7 Å². The quantitative estimate of drug-likeness (QED) is 0.522. The summed E-state index contributed by atoms with van der Waals surface area (Å²) in [6.45, 7) is -0.0643. The van der Waals surface area contributed by atoms with Crippen LogP contribution in [0.25, 0.3) is 11.1 Å². The minimum absolute atomic E-state index is 0.0643. The number of carbonyl (C=O) groups excluding carboxylic acids is 1. The zero-order valence-corrected chi connectivity index (χ0v) is 14.0. The Labute approximate surface area is 151 Å². The summed E-state index contributed by atoms with van der Waals surface area (Å²) in [5, 5.41) is 6.65. The van der Waals surface area contributed by atoms with E-state index >= 15 is 0 Å². The summed E-state index contributed by atoms with van der Waals surface area (Å²) >= 11 is 0. The minimum Gasteiger partial charge on any atom is -0.374 e. The van der Waals surface area contributed by atoms with E-state index in [-0.39, 0.29) is 18.1 Å². The summed E-state index contributed by atoms with van der Waals surface area (Å²) < 4.78 is 13.4. The number of amides is 1. The van der Waals surface area contributed by atoms with Gasteiger partial charge in [0.2, 0.25) is 0 Å². The van der Waals surface area contributed by atoms with Gasteiger partial charge in [-0.25, -0.2) is 9.82 Å². The Hall–Kier alpha value is -3.47. The van der Waals surface area contributed by atoms with Gasteiger partial charge in [0.15, 0.2) is 0 Å². The number of rotatable bonds is 6. The molecule has 1 amide bonds. The van der Waals surface area contributed by atoms with Gasteiger partial charge in [-0.2, -0.15) is 5.10 Å². The summed E-state index contributed by atoms with van der Waals surface area (Å²) in [6, 6.07) is 24.1. The number of halogens is 1. The predicted molar refractivity (Wildman–Crippen MR) is 103 cm³/mol. The average Bonchev–Trinajstić information content (AvgIpc) is 2.69. The number of hydrogen-bond donors (Lipinski definition) is 2. The fraction of sp³-hybridized carbons (Fsp3) is 0.0476. The number of nitrogens with one attached hydrogen (secondary N) is 2. The number of anilines is 1. The zero-order valence-electron chi connectivity index (χ0n) is 14.0. The highest BCUT2D eigenvalue weighted by Crippen LogP contribution is 2.18. The SMILES string of the molecule is O=C(CNc1ccccc1F)N/N=C\c1ccc(-c2ccccc2)cc1. The second-order valence-electron chi connectivity index (χ2n) is 5.61. The molecule has 0 radical (unpaired) electrons. The van der Waals surface area contributed by atoms with Gasteiger partial charge in [-0.05, 0) is 28.8 Å². The molecule has 0 fully saturated rings. The normalized spacial score (nSPS) is 10.7. The molecule has 3 aromatic carbocycles. The van der Waals surface area contributed by atoms with E-state index in [2.05, 4.69) is 15.8 Å². The van der Waals surface area contributed by atoms with E-state index in [1.165, 1.54) is 6.07 Å². The van der Waals surface area contributed by atoms with Crippen molar-refractivity contribution in [2.24, 2.45) is 5.10 Å². The first-order valence-electron chi connectivity index (χ1n) is 8.18. The third kappa shape index (κ3) is 4.77. The first-order chi connectivity index (χ1) is 12.7. The number of nitrogens with zero attached hydrogens (tertiary/aromatic N) is 1. The van der Waals surface area contributed by atoms with E-state index in [1.807, 2.05) is 54.6 Å². The van der Waals surface area contributed by atoms with Crippen molar-refractivity contribution in [2.75, 3.05) is 11.9 Å². The molecule has 4 nitrogen and oxygen atoms in total. The molecule has 0 bridgehead atoms. The number of hydrazone groups is 1. The van der Waals surface area contributed by atoms with Gasteiger partial charge in [-0.3, -0.25) is 4.79 Å². The van der Waals surface area contributed by atoms with Crippen LogP contribution in [-0.2, 0) is 4.79 Å². The number of hydrogen-bond acceptors (Lipinski definition) is 3. The van der Waals surface area contributed by atoms with Crippen LogP contribution in [-0.4, -0.2) is 18.7 Å². The van der Waals surface area contributed by atoms with Gasteiger partial charge in [-0.15, -0.1) is 0 Å². The van der Waals surface area contributed by atoms with Crippen LogP contribution in [0.3, 0.4) is 0 Å². The van der Waals surface area contributed by atoms with Crippen molar-refractivity contribution in [1.29, 1.82) is 0 Å². The van der Waals surface area contributed by atoms with Gasteiger partial charge < -0.3 is 5.32 Å². The van der Waals surface area contributed by atoms with Gasteiger partial charge in [0.1, 0.15) is 5.82 Å². The summed E-state index contributed by atoms with van der Waals surface area (Å²) in [5.74, 6) is -0.757. The maximum absolute atomic E-state index is 13.4. The molecule has 0 aromatic heterocycles. The Morgan fingerprint density at radius 1 is 0.885 bits per heavy atom. The van der Waals surface area contributed by atoms with Crippen LogP contribution < -0.4 is 10.7 Å². The highest BCUT2D eigenvalue weighted by molar-refractivity contribution is 5.84. The molecule has 0 heterocycles. The molecule has 2 N–H and O–H groups in total. The lowest BCUT2D eigenvalue weighted by Gasteiger charge is -2.06. The second-order valence-corrected chi connectivity index (χ2v) is 5.61. The van der Waals surface area contributed by atoms with E-state index < -0.39 is 5.82 Å². The standard InChI is InChI=1S/C21H18FN3O/c22-19-8-4-5-9-20(19)23-15-21(26)25-24-14-16-10-12-18(13-11-16)17-6-2-1-3-7-17/h1-14,23H,15H2,(H,25,26)/b24-14-. The molecule has 0 unspecified atom stereocenters. The second kappa shape index (κ2) is 8.58. The molecule has 3 rings (SSSR count). The molecule has 0 aliphatic rings. The molecule has 0 saturated heterocycles. The van der Waals surface area contributed by atoms with Crippen molar-refractivity contribution in [1.82, 2.24) is 5.43 Å². The zero-order chi connectivity index (χ0) is 18.2. The molecule has 26 heavy (non-hydrogen) atoms. The van der Waals surface area contributed by atoms with Crippen LogP contribution in [0, 0.1) is 5.82 Å². The third-order valence-electron chi connectivity index (χ3n) is 3.73. The average molecular weight is 347 g/mol. The number of carbonyl (C=O) groups is 1. The lowest BCUT2D eigenvalue weighted by atomic mass is 10.0. The van der Waals surface area contributed by atoms with Crippen LogP contribution in [0.15, 0.2) is 84.0 Å². The minimum atomic E-state index is -0.401. The third-order valence-corrected chi connectivity index (χ3v) is 3.73. The molecule has 0 aliphatic heterocycles. The summed E-state index contributed by atoms with van der Waals surface area (Å²) in [7, 11) is 0. The molecule has 5 heteroatoms. The van der Waals surface area contributed by atoms with Gasteiger partial charge in [0, 0.05) is 0 Å². The molecule has 0 aliphatic carbocycles. The predicted octanol–water partition coefficient (Wildman–Crippen LogP) is 4.05. The van der Waals surface area contributed by atoms with Crippen molar-refractivity contribution in [3.63, 3.8) is 0 Å². The van der Waals surface area contributed by atoms with Crippen LogP contribution in [0.5, 0.6) is 0 Å². The maximum atomic E-state index is 13.4. The lowest BCUT2D eigenvalue weighted by Crippen LogP contribution is -2.26. The number of para-hydroxylation sites is 1. The molecule has 130 valence electrons. The Morgan fingerprint density at radius 3 is 2.27 bits per heavy atom. The number of benzene rings is 3. The monoisotopic (exact) mass is 347 g/mol. The van der Waals surface area contributed by atoms with Crippen LogP contribution in [0.2, 0.25) is 0 Å². The highest BCUT2D eigenvalue weighted by Gasteiger charge is 2.03.